The van der Waals surface area contributed by atoms with E-state index in [1.54, 1.807) is 0 Å². The molecule has 0 saturated carbocycles. The van der Waals surface area contributed by atoms with Gasteiger partial charge in [-0.15, -0.1) is 0 Å². The summed E-state index contributed by atoms with van der Waals surface area (Å²) in [7, 11) is 0. The van der Waals surface area contributed by atoms with E-state index in [0.29, 0.717) is 0 Å². The highest BCUT2D eigenvalue weighted by atomic mass is 16.5. The first-order valence-corrected chi connectivity index (χ1v) is 6.80. The van der Waals surface area contributed by atoms with Crippen molar-refractivity contribution in [2.75, 3.05) is 6.61 Å². The Morgan fingerprint density at radius 3 is 2.73 bits per heavy atom. The minimum atomic E-state index is -0.445. The van der Waals surface area contributed by atoms with Crippen molar-refractivity contribution in [1.29, 1.82) is 0 Å². The molecule has 1 atom stereocenters. The van der Waals surface area contributed by atoms with Crippen molar-refractivity contribution in [2.24, 2.45) is 0 Å². The maximum Gasteiger partial charge on any atom is 0.258 e. The molecule has 0 saturated heterocycles. The summed E-state index contributed by atoms with van der Waals surface area (Å²) in [5.74, 6) is -0.277. The van der Waals surface area contributed by atoms with Crippen LogP contribution in [0.25, 0.3) is 0 Å². The average Bonchev–Trinajstić information content (AvgIpc) is 2.54. The first-order valence-electron chi connectivity index (χ1n) is 6.80. The topological polar surface area (TPSA) is 88.8 Å². The highest BCUT2D eigenvalue weighted by Gasteiger charge is 2.11. The number of rotatable bonds is 6. The second-order valence-electron chi connectivity index (χ2n) is 4.72. The molecular weight excluding hydrogens is 286 g/mol. The van der Waals surface area contributed by atoms with Crippen molar-refractivity contribution in [2.45, 2.75) is 19.6 Å². The summed E-state index contributed by atoms with van der Waals surface area (Å²) in [5.41, 5.74) is 0.530. The number of hydrogen-bond donors (Lipinski definition) is 2. The summed E-state index contributed by atoms with van der Waals surface area (Å²) < 4.78 is 10.1. The zero-order valence-corrected chi connectivity index (χ0v) is 12.1. The van der Waals surface area contributed by atoms with Gasteiger partial charge >= 0.3 is 0 Å². The van der Waals surface area contributed by atoms with Crippen LogP contribution in [-0.4, -0.2) is 17.6 Å². The molecule has 0 fully saturated rings. The zero-order chi connectivity index (χ0) is 15.9. The van der Waals surface area contributed by atoms with E-state index in [1.807, 2.05) is 37.3 Å². The number of benzene rings is 1. The van der Waals surface area contributed by atoms with Gasteiger partial charge in [0.05, 0.1) is 6.04 Å². The van der Waals surface area contributed by atoms with Gasteiger partial charge in [-0.25, -0.2) is 0 Å². The van der Waals surface area contributed by atoms with Crippen LogP contribution in [0.3, 0.4) is 0 Å². The standard InChI is InChI=1S/C16H17NO5/c1-11(12-5-3-2-4-6-12)17-16(20)10-22-15-9-21-13(8-18)7-14(15)19/h2-7,9,11,18H,8,10H2,1H3,(H,17,20). The largest absolute Gasteiger partial charge is 0.477 e. The Labute approximate surface area is 127 Å². The third-order valence-corrected chi connectivity index (χ3v) is 3.04. The number of hydrogen-bond acceptors (Lipinski definition) is 5. The first kappa shape index (κ1) is 15.8. The summed E-state index contributed by atoms with van der Waals surface area (Å²) in [6, 6.07) is 10.5. The van der Waals surface area contributed by atoms with Gasteiger partial charge < -0.3 is 19.6 Å². The Morgan fingerprint density at radius 2 is 2.09 bits per heavy atom. The van der Waals surface area contributed by atoms with E-state index in [-0.39, 0.29) is 36.7 Å². The Hall–Kier alpha value is -2.60. The molecule has 1 amide bonds. The molecule has 6 nitrogen and oxygen atoms in total. The molecule has 116 valence electrons. The summed E-state index contributed by atoms with van der Waals surface area (Å²) >= 11 is 0. The lowest BCUT2D eigenvalue weighted by Gasteiger charge is -2.14. The lowest BCUT2D eigenvalue weighted by atomic mass is 10.1. The van der Waals surface area contributed by atoms with E-state index in [1.165, 1.54) is 0 Å². The highest BCUT2D eigenvalue weighted by molar-refractivity contribution is 5.78. The van der Waals surface area contributed by atoms with E-state index >= 15 is 0 Å². The fourth-order valence-electron chi connectivity index (χ4n) is 1.88. The molecule has 0 radical (unpaired) electrons. The van der Waals surface area contributed by atoms with Gasteiger partial charge in [-0.1, -0.05) is 30.3 Å². The number of nitrogens with one attached hydrogen (secondary N) is 1. The van der Waals surface area contributed by atoms with E-state index in [4.69, 9.17) is 14.3 Å². The van der Waals surface area contributed by atoms with Crippen LogP contribution in [0.2, 0.25) is 0 Å². The molecule has 1 aromatic heterocycles. The second-order valence-corrected chi connectivity index (χ2v) is 4.72. The molecule has 6 heteroatoms. The Bertz CT molecular complexity index is 680. The van der Waals surface area contributed by atoms with Crippen molar-refractivity contribution >= 4 is 5.91 Å². The first-order chi connectivity index (χ1) is 10.6. The number of aliphatic hydroxyl groups is 1. The second kappa shape index (κ2) is 7.42. The smallest absolute Gasteiger partial charge is 0.258 e. The Morgan fingerprint density at radius 1 is 1.36 bits per heavy atom. The van der Waals surface area contributed by atoms with Crippen LogP contribution in [0.5, 0.6) is 5.75 Å². The molecule has 0 bridgehead atoms. The van der Waals surface area contributed by atoms with Gasteiger partial charge in [0.1, 0.15) is 18.6 Å². The maximum atomic E-state index is 11.8. The number of carbonyl (C=O) groups is 1. The lowest BCUT2D eigenvalue weighted by Crippen LogP contribution is -2.31. The summed E-state index contributed by atoms with van der Waals surface area (Å²) in [4.78, 5) is 23.5. The van der Waals surface area contributed by atoms with Crippen molar-refractivity contribution in [1.82, 2.24) is 5.32 Å². The number of carbonyl (C=O) groups excluding carboxylic acids is 1. The summed E-state index contributed by atoms with van der Waals surface area (Å²) in [6.45, 7) is 1.20. The molecule has 2 aromatic rings. The van der Waals surface area contributed by atoms with Crippen molar-refractivity contribution < 1.29 is 19.1 Å². The quantitative estimate of drug-likeness (QED) is 0.842. The molecule has 1 heterocycles. The van der Waals surface area contributed by atoms with Crippen molar-refractivity contribution in [3.8, 4) is 5.75 Å². The average molecular weight is 303 g/mol. The van der Waals surface area contributed by atoms with Gasteiger partial charge in [0.2, 0.25) is 11.2 Å². The van der Waals surface area contributed by atoms with Gasteiger partial charge in [-0.05, 0) is 12.5 Å². The predicted molar refractivity (Wildman–Crippen MR) is 79.4 cm³/mol. The molecule has 2 rings (SSSR count). The molecule has 0 aliphatic rings. The number of ether oxygens (including phenoxy) is 1. The molecule has 1 aromatic carbocycles. The molecule has 0 spiro atoms. The van der Waals surface area contributed by atoms with E-state index in [9.17, 15) is 9.59 Å². The minimum Gasteiger partial charge on any atom is -0.477 e. The number of aliphatic hydroxyl groups excluding tert-OH is 1. The van der Waals surface area contributed by atoms with Crippen LogP contribution in [0, 0.1) is 0 Å². The number of amides is 1. The van der Waals surface area contributed by atoms with E-state index < -0.39 is 5.43 Å². The highest BCUT2D eigenvalue weighted by Crippen LogP contribution is 2.11. The third-order valence-electron chi connectivity index (χ3n) is 3.04. The van der Waals surface area contributed by atoms with Crippen LogP contribution >= 0.6 is 0 Å². The van der Waals surface area contributed by atoms with Gasteiger partial charge in [-0.2, -0.15) is 0 Å². The molecular formula is C16H17NO5. The summed E-state index contributed by atoms with van der Waals surface area (Å²) in [6.07, 6.45) is 1.09. The van der Waals surface area contributed by atoms with Crippen molar-refractivity contribution in [3.63, 3.8) is 0 Å². The van der Waals surface area contributed by atoms with E-state index in [2.05, 4.69) is 5.32 Å². The van der Waals surface area contributed by atoms with Crippen LogP contribution in [0.4, 0.5) is 0 Å². The Kier molecular flexibility index (Phi) is 5.32. The fourth-order valence-corrected chi connectivity index (χ4v) is 1.88. The van der Waals surface area contributed by atoms with Crippen LogP contribution in [0.1, 0.15) is 24.3 Å². The maximum absolute atomic E-state index is 11.8. The molecule has 22 heavy (non-hydrogen) atoms. The fraction of sp³-hybridized carbons (Fsp3) is 0.250. The van der Waals surface area contributed by atoms with Crippen LogP contribution in [0.15, 0.2) is 51.9 Å². The monoisotopic (exact) mass is 303 g/mol. The predicted octanol–water partition coefficient (Wildman–Crippen LogP) is 1.39. The molecule has 2 N–H and O–H groups in total. The normalized spacial score (nSPS) is 11.7. The zero-order valence-electron chi connectivity index (χ0n) is 12.1. The van der Waals surface area contributed by atoms with Crippen LogP contribution in [-0.2, 0) is 11.4 Å². The van der Waals surface area contributed by atoms with Gasteiger partial charge in [0.15, 0.2) is 6.61 Å². The van der Waals surface area contributed by atoms with Crippen LogP contribution < -0.4 is 15.5 Å². The molecule has 0 aliphatic heterocycles. The van der Waals surface area contributed by atoms with Gasteiger partial charge in [0.25, 0.3) is 5.91 Å². The SMILES string of the molecule is CC(NC(=O)COc1coc(CO)cc1=O)c1ccccc1. The van der Waals surface area contributed by atoms with Gasteiger partial charge in [-0.3, -0.25) is 9.59 Å². The van der Waals surface area contributed by atoms with E-state index in [0.717, 1.165) is 17.9 Å². The molecule has 1 unspecified atom stereocenters. The Balaban J connectivity index is 1.89. The lowest BCUT2D eigenvalue weighted by molar-refractivity contribution is -0.123. The third kappa shape index (κ3) is 4.20. The van der Waals surface area contributed by atoms with Crippen molar-refractivity contribution in [3.05, 3.63) is 64.2 Å². The molecule has 0 aliphatic carbocycles. The minimum absolute atomic E-state index is 0.0697. The summed E-state index contributed by atoms with van der Waals surface area (Å²) in [5, 5.41) is 11.6. The van der Waals surface area contributed by atoms with Gasteiger partial charge in [0, 0.05) is 6.07 Å².